The molecule has 0 aliphatic carbocycles. The Bertz CT molecular complexity index is 736. The lowest BCUT2D eigenvalue weighted by Gasteiger charge is -2.11. The van der Waals surface area contributed by atoms with E-state index in [4.69, 9.17) is 12.2 Å². The molecule has 0 atom stereocenters. The van der Waals surface area contributed by atoms with Gasteiger partial charge >= 0.3 is 0 Å². The van der Waals surface area contributed by atoms with Crippen molar-refractivity contribution < 1.29 is 9.59 Å². The van der Waals surface area contributed by atoms with Gasteiger partial charge in [0.25, 0.3) is 5.91 Å². The summed E-state index contributed by atoms with van der Waals surface area (Å²) in [6, 6.07) is 8.88. The van der Waals surface area contributed by atoms with Crippen LogP contribution in [0.25, 0.3) is 0 Å². The molecule has 7 nitrogen and oxygen atoms in total. The van der Waals surface area contributed by atoms with Gasteiger partial charge in [-0.3, -0.25) is 14.7 Å². The molecule has 122 valence electrons. The third-order valence-electron chi connectivity index (χ3n) is 3.18. The number of aromatic amines is 1. The molecule has 1 heterocycles. The molecule has 2 amide bonds. The Labute approximate surface area is 139 Å². The highest BCUT2D eigenvalue weighted by atomic mass is 32.1. The number of carbonyl (C=O) groups excluding carboxylic acids is 2. The maximum Gasteiger partial charge on any atom is 0.251 e. The summed E-state index contributed by atoms with van der Waals surface area (Å²) in [6.45, 7) is 4.11. The third-order valence-corrected chi connectivity index (χ3v) is 3.47. The molecule has 0 fully saturated rings. The molecular weight excluding hydrogens is 314 g/mol. The zero-order chi connectivity index (χ0) is 16.8. The second-order valence-corrected chi connectivity index (χ2v) is 5.62. The summed E-state index contributed by atoms with van der Waals surface area (Å²) >= 11 is 5.14. The molecule has 1 aromatic heterocycles. The van der Waals surface area contributed by atoms with Crippen LogP contribution >= 0.6 is 12.2 Å². The molecule has 0 unspecified atom stereocenters. The highest BCUT2D eigenvalue weighted by Crippen LogP contribution is 2.07. The fourth-order valence-electron chi connectivity index (χ4n) is 2.09. The van der Waals surface area contributed by atoms with Crippen LogP contribution in [0.4, 0.5) is 0 Å². The first kappa shape index (κ1) is 16.9. The van der Waals surface area contributed by atoms with Crippen LogP contribution in [0.2, 0.25) is 0 Å². The van der Waals surface area contributed by atoms with Gasteiger partial charge in [0.05, 0.1) is 13.1 Å². The molecule has 3 N–H and O–H groups in total. The number of hydrogen-bond donors (Lipinski definition) is 3. The average molecular weight is 333 g/mol. The molecule has 0 aliphatic rings. The maximum absolute atomic E-state index is 11.8. The summed E-state index contributed by atoms with van der Waals surface area (Å²) in [5, 5.41) is 12.1. The van der Waals surface area contributed by atoms with Gasteiger partial charge in [0.2, 0.25) is 5.91 Å². The summed E-state index contributed by atoms with van der Waals surface area (Å²) in [5.41, 5.74) is 0.515. The van der Waals surface area contributed by atoms with E-state index < -0.39 is 0 Å². The molecular formula is C15H19N5O2S. The van der Waals surface area contributed by atoms with Gasteiger partial charge in [-0.15, -0.1) is 0 Å². The second-order valence-electron chi connectivity index (χ2n) is 5.23. The SMILES string of the molecule is CC(C)n1c(CNC(=O)CNC(=O)c2ccccc2)n[nH]c1=S. The van der Waals surface area contributed by atoms with Crippen LogP contribution in [-0.4, -0.2) is 33.1 Å². The number of aromatic nitrogens is 3. The van der Waals surface area contributed by atoms with Crippen LogP contribution in [0.1, 0.15) is 36.1 Å². The van der Waals surface area contributed by atoms with Gasteiger partial charge < -0.3 is 15.2 Å². The quantitative estimate of drug-likeness (QED) is 0.700. The first-order valence-electron chi connectivity index (χ1n) is 7.24. The predicted molar refractivity (Wildman–Crippen MR) is 88.4 cm³/mol. The topological polar surface area (TPSA) is 91.8 Å². The van der Waals surface area contributed by atoms with Crippen LogP contribution in [-0.2, 0) is 11.3 Å². The van der Waals surface area contributed by atoms with Crippen LogP contribution in [0.3, 0.4) is 0 Å². The number of carbonyl (C=O) groups is 2. The zero-order valence-corrected chi connectivity index (χ0v) is 13.8. The Morgan fingerprint density at radius 2 is 1.96 bits per heavy atom. The van der Waals surface area contributed by atoms with E-state index >= 15 is 0 Å². The number of benzene rings is 1. The van der Waals surface area contributed by atoms with Crippen molar-refractivity contribution in [3.05, 3.63) is 46.5 Å². The van der Waals surface area contributed by atoms with E-state index in [0.717, 1.165) is 0 Å². The summed E-state index contributed by atoms with van der Waals surface area (Å²) in [6.07, 6.45) is 0. The lowest BCUT2D eigenvalue weighted by atomic mass is 10.2. The molecule has 0 saturated heterocycles. The lowest BCUT2D eigenvalue weighted by Crippen LogP contribution is -2.37. The first-order chi connectivity index (χ1) is 11.0. The van der Waals surface area contributed by atoms with Crippen molar-refractivity contribution in [2.24, 2.45) is 0 Å². The van der Waals surface area contributed by atoms with Crippen LogP contribution < -0.4 is 10.6 Å². The van der Waals surface area contributed by atoms with Crippen molar-refractivity contribution in [3.8, 4) is 0 Å². The van der Waals surface area contributed by atoms with Gasteiger partial charge in [0.15, 0.2) is 10.6 Å². The molecule has 0 bridgehead atoms. The number of amides is 2. The molecule has 1 aromatic carbocycles. The van der Waals surface area contributed by atoms with Gasteiger partial charge in [0, 0.05) is 11.6 Å². The molecule has 0 aliphatic heterocycles. The van der Waals surface area contributed by atoms with Crippen molar-refractivity contribution in [2.75, 3.05) is 6.54 Å². The van der Waals surface area contributed by atoms with Gasteiger partial charge in [0.1, 0.15) is 0 Å². The van der Waals surface area contributed by atoms with E-state index in [9.17, 15) is 9.59 Å². The fourth-order valence-corrected chi connectivity index (χ4v) is 2.45. The lowest BCUT2D eigenvalue weighted by molar-refractivity contribution is -0.120. The van der Waals surface area contributed by atoms with Crippen molar-refractivity contribution in [3.63, 3.8) is 0 Å². The number of rotatable bonds is 6. The Kier molecular flexibility index (Phi) is 5.64. The van der Waals surface area contributed by atoms with E-state index in [-0.39, 0.29) is 30.9 Å². The number of nitrogens with one attached hydrogen (secondary N) is 3. The van der Waals surface area contributed by atoms with Crippen LogP contribution in [0, 0.1) is 4.77 Å². The molecule has 0 radical (unpaired) electrons. The van der Waals surface area contributed by atoms with Gasteiger partial charge in [-0.25, -0.2) is 0 Å². The third kappa shape index (κ3) is 4.49. The van der Waals surface area contributed by atoms with E-state index in [1.165, 1.54) is 0 Å². The molecule has 8 heteroatoms. The Balaban J connectivity index is 1.84. The Hall–Kier alpha value is -2.48. The Morgan fingerprint density at radius 1 is 1.26 bits per heavy atom. The Morgan fingerprint density at radius 3 is 2.61 bits per heavy atom. The minimum absolute atomic E-state index is 0.0967. The normalized spacial score (nSPS) is 10.6. The highest BCUT2D eigenvalue weighted by molar-refractivity contribution is 7.71. The van der Waals surface area contributed by atoms with Crippen molar-refractivity contribution in [1.29, 1.82) is 0 Å². The minimum Gasteiger partial charge on any atom is -0.347 e. The second kappa shape index (κ2) is 7.68. The highest BCUT2D eigenvalue weighted by Gasteiger charge is 2.11. The molecule has 23 heavy (non-hydrogen) atoms. The first-order valence-corrected chi connectivity index (χ1v) is 7.65. The summed E-state index contributed by atoms with van der Waals surface area (Å²) < 4.78 is 2.35. The molecule has 0 spiro atoms. The molecule has 0 saturated carbocycles. The van der Waals surface area contributed by atoms with Crippen LogP contribution in [0.5, 0.6) is 0 Å². The van der Waals surface area contributed by atoms with Crippen molar-refractivity contribution >= 4 is 24.0 Å². The monoisotopic (exact) mass is 333 g/mol. The van der Waals surface area contributed by atoms with Gasteiger partial charge in [-0.05, 0) is 38.2 Å². The predicted octanol–water partition coefficient (Wildman–Crippen LogP) is 1.57. The zero-order valence-electron chi connectivity index (χ0n) is 13.0. The van der Waals surface area contributed by atoms with Crippen molar-refractivity contribution in [1.82, 2.24) is 25.4 Å². The van der Waals surface area contributed by atoms with E-state index in [1.807, 2.05) is 24.5 Å². The van der Waals surface area contributed by atoms with Gasteiger partial charge in [-0.1, -0.05) is 18.2 Å². The average Bonchev–Trinajstić information content (AvgIpc) is 2.92. The molecule has 2 rings (SSSR count). The van der Waals surface area contributed by atoms with Crippen LogP contribution in [0.15, 0.2) is 30.3 Å². The van der Waals surface area contributed by atoms with E-state index in [2.05, 4.69) is 20.8 Å². The maximum atomic E-state index is 11.8. The van der Waals surface area contributed by atoms with E-state index in [1.54, 1.807) is 24.3 Å². The summed E-state index contributed by atoms with van der Waals surface area (Å²) in [5.74, 6) is 0.0665. The van der Waals surface area contributed by atoms with E-state index in [0.29, 0.717) is 16.2 Å². The van der Waals surface area contributed by atoms with Gasteiger partial charge in [-0.2, -0.15) is 5.10 Å². The number of H-pyrrole nitrogens is 1. The standard InChI is InChI=1S/C15H19N5O2S/c1-10(2)20-12(18-19-15(20)23)8-16-13(21)9-17-14(22)11-6-4-3-5-7-11/h3-7,10H,8-9H2,1-2H3,(H,16,21)(H,17,22)(H,19,23). The number of hydrogen-bond acceptors (Lipinski definition) is 4. The fraction of sp³-hybridized carbons (Fsp3) is 0.333. The summed E-state index contributed by atoms with van der Waals surface area (Å²) in [7, 11) is 0. The number of nitrogens with zero attached hydrogens (tertiary/aromatic N) is 2. The minimum atomic E-state index is -0.293. The smallest absolute Gasteiger partial charge is 0.251 e. The summed E-state index contributed by atoms with van der Waals surface area (Å²) in [4.78, 5) is 23.7. The largest absolute Gasteiger partial charge is 0.347 e. The molecule has 2 aromatic rings. The van der Waals surface area contributed by atoms with Crippen molar-refractivity contribution in [2.45, 2.75) is 26.4 Å².